The molecule has 10 heteroatoms. The third-order valence-electron chi connectivity index (χ3n) is 2.18. The average molecular weight is 276 g/mol. The Hall–Kier alpha value is -2.52. The number of benzene rings is 1. The van der Waals surface area contributed by atoms with Gasteiger partial charge in [-0.2, -0.15) is 22.7 Å². The van der Waals surface area contributed by atoms with E-state index >= 15 is 0 Å². The van der Waals surface area contributed by atoms with E-state index in [1.165, 1.54) is 0 Å². The fraction of sp³-hybridized carbons (Fsp3) is 0.111. The summed E-state index contributed by atoms with van der Waals surface area (Å²) < 4.78 is 50.9. The number of nitro benzene ring substituents is 1. The van der Waals surface area contributed by atoms with Gasteiger partial charge >= 0.3 is 6.18 Å². The van der Waals surface area contributed by atoms with Crippen molar-refractivity contribution in [3.8, 4) is 5.69 Å². The van der Waals surface area contributed by atoms with Crippen LogP contribution in [0.5, 0.6) is 0 Å². The van der Waals surface area contributed by atoms with Crippen LogP contribution in [0, 0.1) is 16.1 Å². The number of hydrogen-bond donors (Lipinski definition) is 0. The molecule has 0 aliphatic carbocycles. The van der Waals surface area contributed by atoms with E-state index in [-0.39, 0.29) is 0 Å². The van der Waals surface area contributed by atoms with E-state index in [9.17, 15) is 27.7 Å². The highest BCUT2D eigenvalue weighted by Gasteiger charge is 2.35. The molecule has 2 aromatic rings. The standard InChI is InChI=1S/C9H4F4N4O2/c10-8-4-14-16(15-8)7-3-5(17(18)19)1-2-6(7)9(11,12)13/h1-4H. The predicted octanol–water partition coefficient (Wildman–Crippen LogP) is 2.33. The van der Waals surface area contributed by atoms with Crippen LogP contribution in [0.4, 0.5) is 23.2 Å². The number of nitro groups is 1. The Balaban J connectivity index is 2.66. The molecule has 1 aromatic carbocycles. The zero-order valence-corrected chi connectivity index (χ0v) is 8.93. The molecule has 0 aliphatic heterocycles. The molecule has 0 saturated carbocycles. The van der Waals surface area contributed by atoms with Gasteiger partial charge < -0.3 is 0 Å². The van der Waals surface area contributed by atoms with Crippen LogP contribution >= 0.6 is 0 Å². The highest BCUT2D eigenvalue weighted by Crippen LogP contribution is 2.35. The van der Waals surface area contributed by atoms with Crippen molar-refractivity contribution < 1.29 is 22.5 Å². The van der Waals surface area contributed by atoms with Gasteiger partial charge in [-0.15, -0.1) is 9.90 Å². The molecule has 1 heterocycles. The lowest BCUT2D eigenvalue weighted by molar-refractivity contribution is -0.384. The van der Waals surface area contributed by atoms with E-state index < -0.39 is 34.0 Å². The molecular formula is C9H4F4N4O2. The Bertz CT molecular complexity index is 637. The molecule has 0 spiro atoms. The molecule has 0 fully saturated rings. The van der Waals surface area contributed by atoms with E-state index in [0.29, 0.717) is 29.2 Å². The van der Waals surface area contributed by atoms with Crippen molar-refractivity contribution in [2.75, 3.05) is 0 Å². The average Bonchev–Trinajstić information content (AvgIpc) is 2.73. The summed E-state index contributed by atoms with van der Waals surface area (Å²) >= 11 is 0. The maximum atomic E-state index is 12.7. The summed E-state index contributed by atoms with van der Waals surface area (Å²) in [6.07, 6.45) is -4.17. The molecule has 0 bridgehead atoms. The molecule has 100 valence electrons. The molecule has 0 radical (unpaired) electrons. The summed E-state index contributed by atoms with van der Waals surface area (Å²) in [5.74, 6) is -1.10. The molecule has 19 heavy (non-hydrogen) atoms. The zero-order chi connectivity index (χ0) is 14.2. The Kier molecular flexibility index (Phi) is 2.92. The second-order valence-electron chi connectivity index (χ2n) is 3.41. The molecule has 0 amide bonds. The van der Waals surface area contributed by atoms with E-state index in [2.05, 4.69) is 10.2 Å². The monoisotopic (exact) mass is 276 g/mol. The lowest BCUT2D eigenvalue weighted by Gasteiger charge is -2.11. The van der Waals surface area contributed by atoms with Crippen molar-refractivity contribution in [3.05, 3.63) is 46.0 Å². The first-order valence-corrected chi connectivity index (χ1v) is 4.73. The lowest BCUT2D eigenvalue weighted by atomic mass is 10.1. The van der Waals surface area contributed by atoms with Gasteiger partial charge in [0.2, 0.25) is 0 Å². The van der Waals surface area contributed by atoms with Crippen LogP contribution in [-0.2, 0) is 6.18 Å². The van der Waals surface area contributed by atoms with Crippen LogP contribution in [0.1, 0.15) is 5.56 Å². The van der Waals surface area contributed by atoms with Crippen LogP contribution in [0.15, 0.2) is 24.4 Å². The highest BCUT2D eigenvalue weighted by atomic mass is 19.4. The summed E-state index contributed by atoms with van der Waals surface area (Å²) in [5.41, 5.74) is -2.50. The van der Waals surface area contributed by atoms with Crippen molar-refractivity contribution in [2.45, 2.75) is 6.18 Å². The SMILES string of the molecule is O=[N+]([O-])c1ccc(C(F)(F)F)c(-n2ncc(F)n2)c1. The van der Waals surface area contributed by atoms with E-state index in [1.807, 2.05) is 0 Å². The van der Waals surface area contributed by atoms with Gasteiger partial charge in [0.15, 0.2) is 0 Å². The van der Waals surface area contributed by atoms with Crippen molar-refractivity contribution in [1.82, 2.24) is 15.0 Å². The van der Waals surface area contributed by atoms with Crippen molar-refractivity contribution in [3.63, 3.8) is 0 Å². The number of nitrogens with zero attached hydrogens (tertiary/aromatic N) is 4. The van der Waals surface area contributed by atoms with Gasteiger partial charge in [-0.25, -0.2) is 0 Å². The summed E-state index contributed by atoms with van der Waals surface area (Å²) in [6, 6.07) is 1.85. The molecule has 0 saturated heterocycles. The molecule has 0 aliphatic rings. The fourth-order valence-corrected chi connectivity index (χ4v) is 1.40. The summed E-state index contributed by atoms with van der Waals surface area (Å²) in [7, 11) is 0. The maximum absolute atomic E-state index is 12.7. The molecule has 0 N–H and O–H groups in total. The first kappa shape index (κ1) is 12.9. The highest BCUT2D eigenvalue weighted by molar-refractivity contribution is 5.49. The third kappa shape index (κ3) is 2.51. The number of halogens is 4. The smallest absolute Gasteiger partial charge is 0.258 e. The van der Waals surface area contributed by atoms with Crippen LogP contribution < -0.4 is 0 Å². The topological polar surface area (TPSA) is 73.8 Å². The Morgan fingerprint density at radius 3 is 2.47 bits per heavy atom. The van der Waals surface area contributed by atoms with Gasteiger partial charge in [0.05, 0.1) is 10.5 Å². The zero-order valence-electron chi connectivity index (χ0n) is 8.93. The second-order valence-corrected chi connectivity index (χ2v) is 3.41. The summed E-state index contributed by atoms with van der Waals surface area (Å²) in [4.78, 5) is 10.0. The normalized spacial score (nSPS) is 11.6. The van der Waals surface area contributed by atoms with Gasteiger partial charge in [0.25, 0.3) is 11.6 Å². The number of non-ortho nitro benzene ring substituents is 1. The first-order valence-electron chi connectivity index (χ1n) is 4.73. The van der Waals surface area contributed by atoms with E-state index in [0.717, 1.165) is 0 Å². The molecule has 0 unspecified atom stereocenters. The minimum Gasteiger partial charge on any atom is -0.258 e. The van der Waals surface area contributed by atoms with Crippen molar-refractivity contribution >= 4 is 5.69 Å². The number of aromatic nitrogens is 3. The van der Waals surface area contributed by atoms with Crippen LogP contribution in [0.3, 0.4) is 0 Å². The van der Waals surface area contributed by atoms with E-state index in [4.69, 9.17) is 0 Å². The number of alkyl halides is 3. The van der Waals surface area contributed by atoms with Crippen molar-refractivity contribution in [2.24, 2.45) is 0 Å². The molecule has 6 nitrogen and oxygen atoms in total. The molecular weight excluding hydrogens is 272 g/mol. The van der Waals surface area contributed by atoms with Crippen LogP contribution in [-0.4, -0.2) is 19.9 Å². The summed E-state index contributed by atoms with van der Waals surface area (Å²) in [5, 5.41) is 16.9. The predicted molar refractivity (Wildman–Crippen MR) is 53.0 cm³/mol. The van der Waals surface area contributed by atoms with Crippen LogP contribution in [0.2, 0.25) is 0 Å². The molecule has 0 atom stereocenters. The van der Waals surface area contributed by atoms with E-state index in [1.54, 1.807) is 0 Å². The first-order chi connectivity index (χ1) is 8.79. The fourth-order valence-electron chi connectivity index (χ4n) is 1.40. The number of rotatable bonds is 2. The second kappa shape index (κ2) is 4.30. The Morgan fingerprint density at radius 2 is 2.00 bits per heavy atom. The number of hydrogen-bond acceptors (Lipinski definition) is 4. The summed E-state index contributed by atoms with van der Waals surface area (Å²) in [6.45, 7) is 0. The molecule has 2 rings (SSSR count). The van der Waals surface area contributed by atoms with Gasteiger partial charge in [0.1, 0.15) is 11.9 Å². The minimum absolute atomic E-state index is 0.352. The minimum atomic E-state index is -4.77. The quantitative estimate of drug-likeness (QED) is 0.479. The molecule has 1 aromatic heterocycles. The Labute approximate surface area is 102 Å². The largest absolute Gasteiger partial charge is 0.418 e. The van der Waals surface area contributed by atoms with Gasteiger partial charge in [0, 0.05) is 12.1 Å². The van der Waals surface area contributed by atoms with Crippen molar-refractivity contribution in [1.29, 1.82) is 0 Å². The third-order valence-corrected chi connectivity index (χ3v) is 2.18. The van der Waals surface area contributed by atoms with Crippen LogP contribution in [0.25, 0.3) is 5.69 Å². The van der Waals surface area contributed by atoms with Gasteiger partial charge in [-0.05, 0) is 6.07 Å². The van der Waals surface area contributed by atoms with Gasteiger partial charge in [-0.3, -0.25) is 10.1 Å². The maximum Gasteiger partial charge on any atom is 0.418 e. The van der Waals surface area contributed by atoms with Gasteiger partial charge in [-0.1, -0.05) is 0 Å². The Morgan fingerprint density at radius 1 is 1.32 bits per heavy atom. The lowest BCUT2D eigenvalue weighted by Crippen LogP contribution is -2.13.